The topological polar surface area (TPSA) is 91.1 Å². The molecule has 8 heteroatoms. The Hall–Kier alpha value is -2.06. The van der Waals surface area contributed by atoms with Crippen molar-refractivity contribution in [3.05, 3.63) is 24.2 Å². The molecule has 1 aromatic heterocycles. The van der Waals surface area contributed by atoms with Gasteiger partial charge in [-0.3, -0.25) is 9.69 Å². The second kappa shape index (κ2) is 10.2. The normalized spacial score (nSPS) is 16.3. The molecule has 0 aliphatic carbocycles. The van der Waals surface area contributed by atoms with Crippen LogP contribution in [0.1, 0.15) is 26.5 Å². The number of ether oxygens (including phenoxy) is 1. The molecule has 1 saturated heterocycles. The first-order valence-electron chi connectivity index (χ1n) is 9.15. The minimum Gasteiger partial charge on any atom is -0.467 e. The molecule has 1 amide bonds. The first kappa shape index (κ1) is 20.3. The Kier molecular flexibility index (Phi) is 7.93. The molecule has 0 unspecified atom stereocenters. The summed E-state index contributed by atoms with van der Waals surface area (Å²) in [6.45, 7) is 11.7. The maximum absolute atomic E-state index is 12.0. The van der Waals surface area contributed by atoms with Gasteiger partial charge in [0.2, 0.25) is 5.91 Å². The Morgan fingerprint density at radius 1 is 1.27 bits per heavy atom. The lowest BCUT2D eigenvalue weighted by Crippen LogP contribution is -2.56. The number of guanidine groups is 1. The monoisotopic (exact) mass is 365 g/mol. The van der Waals surface area contributed by atoms with Gasteiger partial charge in [0.1, 0.15) is 12.3 Å². The highest BCUT2D eigenvalue weighted by atomic mass is 16.5. The second-order valence-corrected chi connectivity index (χ2v) is 6.82. The summed E-state index contributed by atoms with van der Waals surface area (Å²) in [4.78, 5) is 18.7. The minimum absolute atomic E-state index is 0.0263. The number of hydrogen-bond acceptors (Lipinski definition) is 5. The molecule has 0 bridgehead atoms. The molecule has 0 saturated carbocycles. The third-order valence-corrected chi connectivity index (χ3v) is 4.32. The Morgan fingerprint density at radius 2 is 2.04 bits per heavy atom. The molecule has 1 aliphatic rings. The van der Waals surface area contributed by atoms with E-state index in [1.165, 1.54) is 0 Å². The fourth-order valence-electron chi connectivity index (χ4n) is 2.73. The van der Waals surface area contributed by atoms with Crippen LogP contribution in [0.4, 0.5) is 0 Å². The van der Waals surface area contributed by atoms with Gasteiger partial charge in [-0.05, 0) is 32.9 Å². The fourth-order valence-corrected chi connectivity index (χ4v) is 2.73. The van der Waals surface area contributed by atoms with Crippen molar-refractivity contribution in [2.45, 2.75) is 32.9 Å². The summed E-state index contributed by atoms with van der Waals surface area (Å²) in [5.74, 6) is 1.22. The van der Waals surface area contributed by atoms with E-state index in [9.17, 15) is 4.79 Å². The van der Waals surface area contributed by atoms with E-state index in [1.54, 1.807) is 12.3 Å². The Bertz CT molecular complexity index is 565. The number of amides is 1. The lowest BCUT2D eigenvalue weighted by Gasteiger charge is -2.41. The number of nitrogens with one attached hydrogen (secondary N) is 3. The lowest BCUT2D eigenvalue weighted by atomic mass is 10.0. The summed E-state index contributed by atoms with van der Waals surface area (Å²) >= 11 is 0. The highest BCUT2D eigenvalue weighted by Crippen LogP contribution is 2.14. The molecule has 0 radical (unpaired) electrons. The maximum atomic E-state index is 12.0. The van der Waals surface area contributed by atoms with Crippen molar-refractivity contribution in [2.75, 3.05) is 45.9 Å². The Morgan fingerprint density at radius 3 is 2.69 bits per heavy atom. The van der Waals surface area contributed by atoms with Crippen molar-refractivity contribution in [1.29, 1.82) is 0 Å². The van der Waals surface area contributed by atoms with Crippen LogP contribution in [0, 0.1) is 0 Å². The summed E-state index contributed by atoms with van der Waals surface area (Å²) in [7, 11) is 0. The van der Waals surface area contributed by atoms with Crippen LogP contribution in [0.15, 0.2) is 27.8 Å². The predicted molar refractivity (Wildman–Crippen MR) is 101 cm³/mol. The third-order valence-electron chi connectivity index (χ3n) is 4.32. The average Bonchev–Trinajstić information content (AvgIpc) is 3.16. The molecule has 0 aromatic carbocycles. The Balaban J connectivity index is 1.80. The zero-order valence-electron chi connectivity index (χ0n) is 16.0. The largest absolute Gasteiger partial charge is 0.467 e. The highest BCUT2D eigenvalue weighted by Gasteiger charge is 2.28. The summed E-state index contributed by atoms with van der Waals surface area (Å²) < 4.78 is 10.6. The van der Waals surface area contributed by atoms with Crippen molar-refractivity contribution < 1.29 is 13.9 Å². The van der Waals surface area contributed by atoms with Gasteiger partial charge in [0.25, 0.3) is 0 Å². The molecule has 1 fully saturated rings. The molecule has 3 N–H and O–H groups in total. The standard InChI is InChI=1S/C18H31N5O3/c1-4-19-17(21-13-16(24)20-12-15-6-5-9-26-15)22-14-18(2,3)23-7-10-25-11-8-23/h5-6,9H,4,7-8,10-14H2,1-3H3,(H,20,24)(H2,19,21,22). The van der Waals surface area contributed by atoms with Gasteiger partial charge >= 0.3 is 0 Å². The molecule has 2 heterocycles. The van der Waals surface area contributed by atoms with Crippen molar-refractivity contribution >= 4 is 11.9 Å². The highest BCUT2D eigenvalue weighted by molar-refractivity contribution is 5.84. The van der Waals surface area contributed by atoms with E-state index in [0.717, 1.165) is 45.2 Å². The summed E-state index contributed by atoms with van der Waals surface area (Å²) in [6, 6.07) is 3.62. The fraction of sp³-hybridized carbons (Fsp3) is 0.667. The van der Waals surface area contributed by atoms with Gasteiger partial charge in [0.15, 0.2) is 5.96 Å². The number of carbonyl (C=O) groups excluding carboxylic acids is 1. The van der Waals surface area contributed by atoms with Gasteiger partial charge in [0, 0.05) is 31.7 Å². The number of hydrogen-bond donors (Lipinski definition) is 3. The van der Waals surface area contributed by atoms with Gasteiger partial charge in [-0.25, -0.2) is 4.99 Å². The van der Waals surface area contributed by atoms with Crippen LogP contribution in [0.5, 0.6) is 0 Å². The van der Waals surface area contributed by atoms with Crippen LogP contribution >= 0.6 is 0 Å². The van der Waals surface area contributed by atoms with Crippen molar-refractivity contribution in [3.63, 3.8) is 0 Å². The van der Waals surface area contributed by atoms with E-state index in [1.807, 2.05) is 13.0 Å². The molecular weight excluding hydrogens is 334 g/mol. The zero-order valence-corrected chi connectivity index (χ0v) is 16.0. The molecular formula is C18H31N5O3. The lowest BCUT2D eigenvalue weighted by molar-refractivity contribution is -0.119. The number of nitrogens with zero attached hydrogens (tertiary/aromatic N) is 2. The molecule has 146 valence electrons. The smallest absolute Gasteiger partial charge is 0.242 e. The quantitative estimate of drug-likeness (QED) is 0.461. The van der Waals surface area contributed by atoms with E-state index < -0.39 is 0 Å². The van der Waals surface area contributed by atoms with Crippen LogP contribution in [-0.4, -0.2) is 68.2 Å². The molecule has 8 nitrogen and oxygen atoms in total. The number of furan rings is 1. The van der Waals surface area contributed by atoms with Crippen molar-refractivity contribution in [3.8, 4) is 0 Å². The molecule has 0 atom stereocenters. The maximum Gasteiger partial charge on any atom is 0.242 e. The first-order chi connectivity index (χ1) is 12.5. The molecule has 0 spiro atoms. The Labute approximate surface area is 155 Å². The first-order valence-corrected chi connectivity index (χ1v) is 9.15. The van der Waals surface area contributed by atoms with E-state index >= 15 is 0 Å². The number of morpholine rings is 1. The molecule has 1 aromatic rings. The number of rotatable bonds is 8. The average molecular weight is 365 g/mol. The van der Waals surface area contributed by atoms with E-state index in [0.29, 0.717) is 12.5 Å². The summed E-state index contributed by atoms with van der Waals surface area (Å²) in [5, 5.41) is 9.31. The van der Waals surface area contributed by atoms with Crippen LogP contribution in [-0.2, 0) is 16.1 Å². The number of carbonyl (C=O) groups is 1. The third kappa shape index (κ3) is 6.68. The van der Waals surface area contributed by atoms with E-state index in [2.05, 4.69) is 39.7 Å². The summed E-state index contributed by atoms with van der Waals surface area (Å²) in [6.07, 6.45) is 1.59. The van der Waals surface area contributed by atoms with Crippen LogP contribution in [0.3, 0.4) is 0 Å². The predicted octanol–water partition coefficient (Wildman–Crippen LogP) is 0.562. The molecule has 2 rings (SSSR count). The van der Waals surface area contributed by atoms with Crippen LogP contribution in [0.2, 0.25) is 0 Å². The van der Waals surface area contributed by atoms with Crippen molar-refractivity contribution in [1.82, 2.24) is 20.9 Å². The molecule has 26 heavy (non-hydrogen) atoms. The van der Waals surface area contributed by atoms with Gasteiger partial charge < -0.3 is 25.1 Å². The van der Waals surface area contributed by atoms with Gasteiger partial charge in [0.05, 0.1) is 26.0 Å². The van der Waals surface area contributed by atoms with Gasteiger partial charge in [-0.2, -0.15) is 0 Å². The zero-order chi connectivity index (χ0) is 18.8. The van der Waals surface area contributed by atoms with Crippen molar-refractivity contribution in [2.24, 2.45) is 4.99 Å². The van der Waals surface area contributed by atoms with Crippen LogP contribution in [0.25, 0.3) is 0 Å². The summed E-state index contributed by atoms with van der Waals surface area (Å²) in [5.41, 5.74) is -0.0263. The van der Waals surface area contributed by atoms with Gasteiger partial charge in [-0.15, -0.1) is 0 Å². The number of aliphatic imine (C=N–C) groups is 1. The van der Waals surface area contributed by atoms with E-state index in [4.69, 9.17) is 9.15 Å². The second-order valence-electron chi connectivity index (χ2n) is 6.82. The SMILES string of the molecule is CCNC(=NCC(=O)NCc1ccco1)NCC(C)(C)N1CCOCC1. The molecule has 1 aliphatic heterocycles. The van der Waals surface area contributed by atoms with Gasteiger partial charge in [-0.1, -0.05) is 0 Å². The van der Waals surface area contributed by atoms with Crippen LogP contribution < -0.4 is 16.0 Å². The van der Waals surface area contributed by atoms with E-state index in [-0.39, 0.29) is 18.0 Å². The minimum atomic E-state index is -0.147.